The van der Waals surface area contributed by atoms with E-state index in [4.69, 9.17) is 5.73 Å². The summed E-state index contributed by atoms with van der Waals surface area (Å²) < 4.78 is 0. The highest BCUT2D eigenvalue weighted by Gasteiger charge is 2.05. The minimum atomic E-state index is 0.807. The molecule has 2 aromatic carbocycles. The number of hydrogen-bond acceptors (Lipinski definition) is 2. The van der Waals surface area contributed by atoms with Crippen LogP contribution >= 0.6 is 0 Å². The number of aryl methyl sites for hydroxylation is 4. The third-order valence-electron chi connectivity index (χ3n) is 3.71. The average Bonchev–Trinajstić information content (AvgIpc) is 2.34. The largest absolute Gasteiger partial charge is 0.397 e. The molecule has 0 aliphatic heterocycles. The second-order valence-corrected chi connectivity index (χ2v) is 5.26. The smallest absolute Gasteiger partial charge is 0.0606 e. The summed E-state index contributed by atoms with van der Waals surface area (Å²) in [5.74, 6) is 0. The van der Waals surface area contributed by atoms with Crippen molar-refractivity contribution in [2.24, 2.45) is 0 Å². The van der Waals surface area contributed by atoms with E-state index >= 15 is 0 Å². The number of hydrogen-bond donors (Lipinski definition) is 2. The first-order valence-electron chi connectivity index (χ1n) is 6.64. The summed E-state index contributed by atoms with van der Waals surface area (Å²) in [5, 5.41) is 3.46. The van der Waals surface area contributed by atoms with E-state index in [-0.39, 0.29) is 0 Å². The molecule has 0 aliphatic carbocycles. The van der Waals surface area contributed by atoms with E-state index in [1.165, 1.54) is 27.8 Å². The molecule has 19 heavy (non-hydrogen) atoms. The van der Waals surface area contributed by atoms with Crippen LogP contribution in [-0.4, -0.2) is 0 Å². The van der Waals surface area contributed by atoms with Gasteiger partial charge in [-0.15, -0.1) is 0 Å². The maximum atomic E-state index is 6.02. The maximum absolute atomic E-state index is 6.02. The molecule has 0 unspecified atom stereocenters. The molecular formula is C17H22N2. The predicted octanol–water partition coefficient (Wildman–Crippen LogP) is 4.11. The summed E-state index contributed by atoms with van der Waals surface area (Å²) >= 11 is 0. The van der Waals surface area contributed by atoms with Crippen LogP contribution in [0.1, 0.15) is 27.8 Å². The number of nitrogen functional groups attached to an aromatic ring is 1. The Balaban J connectivity index is 2.22. The van der Waals surface area contributed by atoms with Crippen LogP contribution in [0.25, 0.3) is 0 Å². The first-order chi connectivity index (χ1) is 8.99. The molecule has 0 radical (unpaired) electrons. The van der Waals surface area contributed by atoms with Crippen molar-refractivity contribution in [1.29, 1.82) is 0 Å². The zero-order valence-corrected chi connectivity index (χ0v) is 12.2. The van der Waals surface area contributed by atoms with Crippen molar-refractivity contribution in [3.63, 3.8) is 0 Å². The molecule has 0 atom stereocenters. The molecule has 100 valence electrons. The highest BCUT2D eigenvalue weighted by Crippen LogP contribution is 2.24. The Labute approximate surface area is 115 Å². The third kappa shape index (κ3) is 2.90. The molecule has 3 N–H and O–H groups in total. The molecule has 2 aromatic rings. The fourth-order valence-corrected chi connectivity index (χ4v) is 2.33. The molecule has 0 heterocycles. The van der Waals surface area contributed by atoms with E-state index in [0.29, 0.717) is 0 Å². The first-order valence-corrected chi connectivity index (χ1v) is 6.64. The Kier molecular flexibility index (Phi) is 3.79. The Hall–Kier alpha value is -1.96. The van der Waals surface area contributed by atoms with E-state index in [1.54, 1.807) is 0 Å². The fraction of sp³-hybridized carbons (Fsp3) is 0.294. The summed E-state index contributed by atoms with van der Waals surface area (Å²) in [5.41, 5.74) is 14.4. The van der Waals surface area contributed by atoms with Gasteiger partial charge in [-0.05, 0) is 61.6 Å². The number of para-hydroxylation sites is 1. The highest BCUT2D eigenvalue weighted by molar-refractivity contribution is 5.70. The van der Waals surface area contributed by atoms with Gasteiger partial charge in [-0.3, -0.25) is 0 Å². The van der Waals surface area contributed by atoms with Crippen LogP contribution in [0.5, 0.6) is 0 Å². The SMILES string of the molecule is Cc1cc(C)c(CNc2c(C)cccc2N)cc1C. The summed E-state index contributed by atoms with van der Waals surface area (Å²) in [6.07, 6.45) is 0. The van der Waals surface area contributed by atoms with Crippen LogP contribution in [0.15, 0.2) is 30.3 Å². The highest BCUT2D eigenvalue weighted by atomic mass is 14.9. The van der Waals surface area contributed by atoms with E-state index in [1.807, 2.05) is 12.1 Å². The van der Waals surface area contributed by atoms with E-state index in [2.05, 4.69) is 51.2 Å². The molecule has 2 nitrogen and oxygen atoms in total. The third-order valence-corrected chi connectivity index (χ3v) is 3.71. The summed E-state index contributed by atoms with van der Waals surface area (Å²) in [6, 6.07) is 10.5. The summed E-state index contributed by atoms with van der Waals surface area (Å²) in [6.45, 7) is 9.35. The number of rotatable bonds is 3. The molecule has 0 saturated carbocycles. The topological polar surface area (TPSA) is 38.0 Å². The molecule has 0 saturated heterocycles. The van der Waals surface area contributed by atoms with Gasteiger partial charge in [0, 0.05) is 6.54 Å². The van der Waals surface area contributed by atoms with Gasteiger partial charge in [0.15, 0.2) is 0 Å². The molecule has 0 amide bonds. The Morgan fingerprint density at radius 2 is 1.58 bits per heavy atom. The van der Waals surface area contributed by atoms with Crippen LogP contribution < -0.4 is 11.1 Å². The molecule has 0 fully saturated rings. The lowest BCUT2D eigenvalue weighted by atomic mass is 10.0. The number of benzene rings is 2. The monoisotopic (exact) mass is 254 g/mol. The van der Waals surface area contributed by atoms with Crippen molar-refractivity contribution >= 4 is 11.4 Å². The van der Waals surface area contributed by atoms with Gasteiger partial charge in [0.05, 0.1) is 11.4 Å². The number of nitrogens with two attached hydrogens (primary N) is 1. The Morgan fingerprint density at radius 1 is 0.895 bits per heavy atom. The zero-order chi connectivity index (χ0) is 14.0. The standard InChI is InChI=1S/C17H22N2/c1-11-6-5-7-16(18)17(11)19-10-15-9-13(3)12(2)8-14(15)4/h5-9,19H,10,18H2,1-4H3. The second-order valence-electron chi connectivity index (χ2n) is 5.26. The number of nitrogens with one attached hydrogen (secondary N) is 1. The van der Waals surface area contributed by atoms with Crippen molar-refractivity contribution in [2.45, 2.75) is 34.2 Å². The second kappa shape index (κ2) is 5.35. The van der Waals surface area contributed by atoms with Gasteiger partial charge in [0.25, 0.3) is 0 Å². The van der Waals surface area contributed by atoms with Gasteiger partial charge in [0.1, 0.15) is 0 Å². The minimum absolute atomic E-state index is 0.807. The van der Waals surface area contributed by atoms with Crippen LogP contribution in [0.2, 0.25) is 0 Å². The van der Waals surface area contributed by atoms with Crippen LogP contribution in [0.4, 0.5) is 11.4 Å². The van der Waals surface area contributed by atoms with Crippen LogP contribution in [0, 0.1) is 27.7 Å². The van der Waals surface area contributed by atoms with E-state index in [0.717, 1.165) is 17.9 Å². The van der Waals surface area contributed by atoms with Crippen molar-refractivity contribution < 1.29 is 0 Å². The van der Waals surface area contributed by atoms with Crippen molar-refractivity contribution in [3.05, 3.63) is 58.1 Å². The lowest BCUT2D eigenvalue weighted by molar-refractivity contribution is 1.10. The van der Waals surface area contributed by atoms with E-state index < -0.39 is 0 Å². The molecule has 2 rings (SSSR count). The van der Waals surface area contributed by atoms with Crippen LogP contribution in [0.3, 0.4) is 0 Å². The van der Waals surface area contributed by atoms with Gasteiger partial charge in [-0.2, -0.15) is 0 Å². The van der Waals surface area contributed by atoms with E-state index in [9.17, 15) is 0 Å². The predicted molar refractivity (Wildman–Crippen MR) is 83.6 cm³/mol. The summed E-state index contributed by atoms with van der Waals surface area (Å²) in [7, 11) is 0. The molecule has 0 bridgehead atoms. The lowest BCUT2D eigenvalue weighted by Crippen LogP contribution is -2.06. The first kappa shape index (κ1) is 13.5. The van der Waals surface area contributed by atoms with Crippen molar-refractivity contribution in [2.75, 3.05) is 11.1 Å². The van der Waals surface area contributed by atoms with Crippen LogP contribution in [-0.2, 0) is 6.54 Å². The zero-order valence-electron chi connectivity index (χ0n) is 12.2. The lowest BCUT2D eigenvalue weighted by Gasteiger charge is -2.15. The Bertz CT molecular complexity index is 580. The Morgan fingerprint density at radius 3 is 2.26 bits per heavy atom. The van der Waals surface area contributed by atoms with Crippen molar-refractivity contribution in [3.8, 4) is 0 Å². The molecule has 2 heteroatoms. The average molecular weight is 254 g/mol. The van der Waals surface area contributed by atoms with Gasteiger partial charge >= 0.3 is 0 Å². The number of anilines is 2. The maximum Gasteiger partial charge on any atom is 0.0606 e. The normalized spacial score (nSPS) is 10.5. The van der Waals surface area contributed by atoms with Gasteiger partial charge in [-0.25, -0.2) is 0 Å². The van der Waals surface area contributed by atoms with Gasteiger partial charge in [0.2, 0.25) is 0 Å². The molecule has 0 spiro atoms. The fourth-order valence-electron chi connectivity index (χ4n) is 2.33. The quantitative estimate of drug-likeness (QED) is 0.809. The van der Waals surface area contributed by atoms with Crippen molar-refractivity contribution in [1.82, 2.24) is 0 Å². The van der Waals surface area contributed by atoms with Gasteiger partial charge in [-0.1, -0.05) is 24.3 Å². The minimum Gasteiger partial charge on any atom is -0.397 e. The molecular weight excluding hydrogens is 232 g/mol. The summed E-state index contributed by atoms with van der Waals surface area (Å²) in [4.78, 5) is 0. The molecule has 0 aromatic heterocycles. The molecule has 0 aliphatic rings. The van der Waals surface area contributed by atoms with Gasteiger partial charge < -0.3 is 11.1 Å².